The first-order valence-corrected chi connectivity index (χ1v) is 5.42. The Morgan fingerprint density at radius 2 is 2.33 bits per heavy atom. The third-order valence-electron chi connectivity index (χ3n) is 2.51. The van der Waals surface area contributed by atoms with Crippen LogP contribution in [0, 0.1) is 12.8 Å². The molecule has 1 heterocycles. The van der Waals surface area contributed by atoms with Crippen molar-refractivity contribution in [2.75, 3.05) is 0 Å². The number of aliphatic hydroxyl groups is 1. The Balaban J connectivity index is 2.02. The van der Waals surface area contributed by atoms with E-state index in [1.54, 1.807) is 11.3 Å². The summed E-state index contributed by atoms with van der Waals surface area (Å²) >= 11 is 1.68. The van der Waals surface area contributed by atoms with Crippen LogP contribution >= 0.6 is 11.3 Å². The molecule has 0 aliphatic heterocycles. The molecule has 0 bridgehead atoms. The van der Waals surface area contributed by atoms with Gasteiger partial charge in [-0.05, 0) is 41.1 Å². The van der Waals surface area contributed by atoms with E-state index < -0.39 is 0 Å². The summed E-state index contributed by atoms with van der Waals surface area (Å²) < 4.78 is 0. The summed E-state index contributed by atoms with van der Waals surface area (Å²) in [4.78, 5) is 0. The lowest BCUT2D eigenvalue weighted by Gasteiger charge is -2.08. The minimum Gasteiger partial charge on any atom is -0.388 e. The van der Waals surface area contributed by atoms with Crippen LogP contribution in [0.15, 0.2) is 10.8 Å². The van der Waals surface area contributed by atoms with Gasteiger partial charge >= 0.3 is 0 Å². The van der Waals surface area contributed by atoms with Gasteiger partial charge in [0.25, 0.3) is 0 Å². The van der Waals surface area contributed by atoms with Crippen molar-refractivity contribution >= 4 is 11.3 Å². The fourth-order valence-corrected chi connectivity index (χ4v) is 2.41. The average Bonchev–Trinajstić information content (AvgIpc) is 2.72. The second-order valence-electron chi connectivity index (χ2n) is 3.71. The molecule has 66 valence electrons. The van der Waals surface area contributed by atoms with Crippen LogP contribution in [0.4, 0.5) is 0 Å². The van der Waals surface area contributed by atoms with Crippen molar-refractivity contribution in [2.24, 2.45) is 5.92 Å². The standard InChI is InChI=1S/C10H14OS/c1-7-5-12-6-9(7)10(11)4-8-2-3-8/h5-6,8,10-11H,2-4H2,1H3. The van der Waals surface area contributed by atoms with E-state index in [1.807, 2.05) is 0 Å². The summed E-state index contributed by atoms with van der Waals surface area (Å²) in [6, 6.07) is 0. The molecule has 0 saturated heterocycles. The van der Waals surface area contributed by atoms with Crippen molar-refractivity contribution < 1.29 is 5.11 Å². The maximum atomic E-state index is 9.81. The smallest absolute Gasteiger partial charge is 0.0803 e. The van der Waals surface area contributed by atoms with Crippen LogP contribution in [-0.2, 0) is 0 Å². The Morgan fingerprint density at radius 3 is 2.83 bits per heavy atom. The molecule has 1 fully saturated rings. The third kappa shape index (κ3) is 1.70. The summed E-state index contributed by atoms with van der Waals surface area (Å²) in [7, 11) is 0. The summed E-state index contributed by atoms with van der Waals surface area (Å²) in [5.74, 6) is 0.805. The van der Waals surface area contributed by atoms with E-state index in [0.717, 1.165) is 17.9 Å². The Morgan fingerprint density at radius 1 is 1.58 bits per heavy atom. The maximum absolute atomic E-state index is 9.81. The summed E-state index contributed by atoms with van der Waals surface area (Å²) in [6.45, 7) is 2.07. The van der Waals surface area contributed by atoms with Gasteiger partial charge in [0.05, 0.1) is 6.10 Å². The zero-order chi connectivity index (χ0) is 8.55. The van der Waals surface area contributed by atoms with Crippen molar-refractivity contribution in [1.29, 1.82) is 0 Å². The molecule has 0 aromatic carbocycles. The molecular weight excluding hydrogens is 168 g/mol. The molecule has 12 heavy (non-hydrogen) atoms. The van der Waals surface area contributed by atoms with Gasteiger partial charge in [-0.2, -0.15) is 11.3 Å². The van der Waals surface area contributed by atoms with Gasteiger partial charge < -0.3 is 5.11 Å². The van der Waals surface area contributed by atoms with E-state index in [0.29, 0.717) is 0 Å². The fraction of sp³-hybridized carbons (Fsp3) is 0.600. The Hall–Kier alpha value is -0.340. The third-order valence-corrected chi connectivity index (χ3v) is 3.39. The van der Waals surface area contributed by atoms with E-state index in [2.05, 4.69) is 17.7 Å². The van der Waals surface area contributed by atoms with Crippen molar-refractivity contribution in [2.45, 2.75) is 32.3 Å². The van der Waals surface area contributed by atoms with E-state index >= 15 is 0 Å². The first-order chi connectivity index (χ1) is 5.77. The Kier molecular flexibility index (Phi) is 2.20. The number of rotatable bonds is 3. The molecule has 1 atom stereocenters. The molecule has 2 heteroatoms. The lowest BCUT2D eigenvalue weighted by atomic mass is 10.0. The molecule has 1 nitrogen and oxygen atoms in total. The van der Waals surface area contributed by atoms with Gasteiger partial charge in [-0.15, -0.1) is 0 Å². The van der Waals surface area contributed by atoms with Crippen molar-refractivity contribution in [3.05, 3.63) is 21.9 Å². The molecule has 1 aliphatic rings. The minimum absolute atomic E-state index is 0.205. The van der Waals surface area contributed by atoms with Crippen LogP contribution in [0.1, 0.15) is 36.5 Å². The molecule has 1 aromatic rings. The maximum Gasteiger partial charge on any atom is 0.0803 e. The summed E-state index contributed by atoms with van der Waals surface area (Å²) in [5, 5.41) is 14.0. The van der Waals surface area contributed by atoms with E-state index in [-0.39, 0.29) is 6.10 Å². The highest BCUT2D eigenvalue weighted by atomic mass is 32.1. The molecule has 0 spiro atoms. The van der Waals surface area contributed by atoms with Gasteiger partial charge in [0.1, 0.15) is 0 Å². The summed E-state index contributed by atoms with van der Waals surface area (Å²) in [5.41, 5.74) is 2.39. The molecule has 1 aliphatic carbocycles. The van der Waals surface area contributed by atoms with Gasteiger partial charge in [-0.1, -0.05) is 12.8 Å². The normalized spacial score (nSPS) is 19.5. The van der Waals surface area contributed by atoms with Crippen LogP contribution in [0.25, 0.3) is 0 Å². The van der Waals surface area contributed by atoms with E-state index in [1.165, 1.54) is 18.4 Å². The first kappa shape index (κ1) is 8.27. The second-order valence-corrected chi connectivity index (χ2v) is 4.45. The van der Waals surface area contributed by atoms with Gasteiger partial charge in [-0.3, -0.25) is 0 Å². The van der Waals surface area contributed by atoms with E-state index in [9.17, 15) is 5.11 Å². The highest BCUT2D eigenvalue weighted by Crippen LogP contribution is 2.38. The van der Waals surface area contributed by atoms with Crippen molar-refractivity contribution in [3.63, 3.8) is 0 Å². The van der Waals surface area contributed by atoms with Crippen LogP contribution in [0.2, 0.25) is 0 Å². The predicted molar refractivity (Wildman–Crippen MR) is 51.4 cm³/mol. The highest BCUT2D eigenvalue weighted by molar-refractivity contribution is 7.08. The SMILES string of the molecule is Cc1cscc1C(O)CC1CC1. The monoisotopic (exact) mass is 182 g/mol. The molecule has 1 aromatic heterocycles. The quantitative estimate of drug-likeness (QED) is 0.762. The van der Waals surface area contributed by atoms with Crippen molar-refractivity contribution in [1.82, 2.24) is 0 Å². The van der Waals surface area contributed by atoms with Crippen molar-refractivity contribution in [3.8, 4) is 0 Å². The van der Waals surface area contributed by atoms with E-state index in [4.69, 9.17) is 0 Å². The number of aliphatic hydroxyl groups excluding tert-OH is 1. The molecule has 1 N–H and O–H groups in total. The average molecular weight is 182 g/mol. The van der Waals surface area contributed by atoms with Crippen LogP contribution in [-0.4, -0.2) is 5.11 Å². The second kappa shape index (κ2) is 3.19. The lowest BCUT2D eigenvalue weighted by molar-refractivity contribution is 0.160. The summed E-state index contributed by atoms with van der Waals surface area (Å²) in [6.07, 6.45) is 3.40. The van der Waals surface area contributed by atoms with Crippen LogP contribution < -0.4 is 0 Å². The zero-order valence-corrected chi connectivity index (χ0v) is 8.10. The Bertz CT molecular complexity index is 263. The zero-order valence-electron chi connectivity index (χ0n) is 7.29. The van der Waals surface area contributed by atoms with Gasteiger partial charge in [-0.25, -0.2) is 0 Å². The van der Waals surface area contributed by atoms with Crippen LogP contribution in [0.3, 0.4) is 0 Å². The molecule has 1 saturated carbocycles. The largest absolute Gasteiger partial charge is 0.388 e. The highest BCUT2D eigenvalue weighted by Gasteiger charge is 2.25. The number of hydrogen-bond donors (Lipinski definition) is 1. The number of aryl methyl sites for hydroxylation is 1. The van der Waals surface area contributed by atoms with Gasteiger partial charge in [0.2, 0.25) is 0 Å². The van der Waals surface area contributed by atoms with Gasteiger partial charge in [0, 0.05) is 0 Å². The lowest BCUT2D eigenvalue weighted by Crippen LogP contribution is -1.98. The van der Waals surface area contributed by atoms with Crippen LogP contribution in [0.5, 0.6) is 0 Å². The topological polar surface area (TPSA) is 20.2 Å². The molecule has 0 amide bonds. The van der Waals surface area contributed by atoms with Gasteiger partial charge in [0.15, 0.2) is 0 Å². The predicted octanol–water partition coefficient (Wildman–Crippen LogP) is 2.89. The molecule has 0 radical (unpaired) electrons. The Labute approximate surface area is 77.0 Å². The molecule has 1 unspecified atom stereocenters. The number of thiophene rings is 1. The minimum atomic E-state index is -0.205. The molecule has 2 rings (SSSR count). The number of hydrogen-bond acceptors (Lipinski definition) is 2. The fourth-order valence-electron chi connectivity index (χ4n) is 1.51. The molecular formula is C10H14OS. The first-order valence-electron chi connectivity index (χ1n) is 4.48.